The lowest BCUT2D eigenvalue weighted by Crippen LogP contribution is -2.32. The number of aryl methyl sites for hydroxylation is 1. The van der Waals surface area contributed by atoms with Gasteiger partial charge in [-0.3, -0.25) is 4.79 Å². The number of carbonyl (C=O) groups is 1. The fourth-order valence-electron chi connectivity index (χ4n) is 2.87. The maximum Gasteiger partial charge on any atom is 0.254 e. The molecule has 116 valence electrons. The van der Waals surface area contributed by atoms with Crippen LogP contribution >= 0.6 is 11.6 Å². The third-order valence-corrected chi connectivity index (χ3v) is 4.42. The quantitative estimate of drug-likeness (QED) is 0.778. The Bertz CT molecular complexity index is 514. The number of hydrogen-bond donors (Lipinski definition) is 0. The van der Waals surface area contributed by atoms with E-state index in [4.69, 9.17) is 11.6 Å². The molecule has 2 heterocycles. The summed E-state index contributed by atoms with van der Waals surface area (Å²) in [7, 11) is 0. The first-order chi connectivity index (χ1) is 9.91. The zero-order valence-electron chi connectivity index (χ0n) is 13.3. The lowest BCUT2D eigenvalue weighted by atomic mass is 9.85. The first kappa shape index (κ1) is 16.3. The fraction of sp³-hybridized carbons (Fsp3) is 0.647. The van der Waals surface area contributed by atoms with Crippen molar-refractivity contribution in [2.45, 2.75) is 52.9 Å². The number of aromatic nitrogens is 1. The van der Waals surface area contributed by atoms with Gasteiger partial charge in [0.25, 0.3) is 5.91 Å². The molecule has 1 saturated heterocycles. The SMILES string of the molecule is CCCc1cc(C(=O)N2CCCC(C)(C)CC2)cc(Cl)n1. The van der Waals surface area contributed by atoms with Gasteiger partial charge in [-0.05, 0) is 43.2 Å². The van der Waals surface area contributed by atoms with E-state index in [2.05, 4.69) is 25.8 Å². The highest BCUT2D eigenvalue weighted by Gasteiger charge is 2.26. The normalized spacial score (nSPS) is 18.4. The molecule has 1 aromatic rings. The highest BCUT2D eigenvalue weighted by atomic mass is 35.5. The molecular weight excluding hydrogens is 284 g/mol. The van der Waals surface area contributed by atoms with Crippen molar-refractivity contribution in [2.24, 2.45) is 5.41 Å². The van der Waals surface area contributed by atoms with E-state index in [1.807, 2.05) is 11.0 Å². The maximum absolute atomic E-state index is 12.7. The number of rotatable bonds is 3. The first-order valence-corrected chi connectivity index (χ1v) is 8.25. The third-order valence-electron chi connectivity index (χ3n) is 4.23. The number of halogens is 1. The van der Waals surface area contributed by atoms with Crippen LogP contribution in [0.3, 0.4) is 0 Å². The molecule has 0 N–H and O–H groups in total. The van der Waals surface area contributed by atoms with Gasteiger partial charge in [-0.25, -0.2) is 4.98 Å². The predicted molar refractivity (Wildman–Crippen MR) is 86.8 cm³/mol. The summed E-state index contributed by atoms with van der Waals surface area (Å²) in [5.74, 6) is 0.0920. The van der Waals surface area contributed by atoms with Crippen molar-refractivity contribution in [3.05, 3.63) is 28.5 Å². The van der Waals surface area contributed by atoms with E-state index in [0.29, 0.717) is 16.1 Å². The van der Waals surface area contributed by atoms with E-state index in [1.54, 1.807) is 6.07 Å². The molecule has 4 heteroatoms. The molecule has 1 fully saturated rings. The summed E-state index contributed by atoms with van der Waals surface area (Å²) in [6.07, 6.45) is 5.15. The zero-order valence-corrected chi connectivity index (χ0v) is 14.0. The van der Waals surface area contributed by atoms with Gasteiger partial charge >= 0.3 is 0 Å². The molecule has 0 radical (unpaired) electrons. The van der Waals surface area contributed by atoms with E-state index in [0.717, 1.165) is 44.5 Å². The molecule has 0 saturated carbocycles. The topological polar surface area (TPSA) is 33.2 Å². The smallest absolute Gasteiger partial charge is 0.254 e. The van der Waals surface area contributed by atoms with Crippen LogP contribution in [-0.4, -0.2) is 28.9 Å². The molecule has 0 unspecified atom stereocenters. The van der Waals surface area contributed by atoms with Crippen molar-refractivity contribution < 1.29 is 4.79 Å². The number of likely N-dealkylation sites (tertiary alicyclic amines) is 1. The summed E-state index contributed by atoms with van der Waals surface area (Å²) in [6.45, 7) is 8.33. The van der Waals surface area contributed by atoms with Gasteiger partial charge < -0.3 is 4.90 Å². The summed E-state index contributed by atoms with van der Waals surface area (Å²) in [6, 6.07) is 3.59. The van der Waals surface area contributed by atoms with Crippen molar-refractivity contribution in [3.8, 4) is 0 Å². The molecule has 2 rings (SSSR count). The highest BCUT2D eigenvalue weighted by molar-refractivity contribution is 6.29. The van der Waals surface area contributed by atoms with E-state index in [-0.39, 0.29) is 5.91 Å². The zero-order chi connectivity index (χ0) is 15.5. The Labute approximate surface area is 132 Å². The molecule has 0 bridgehead atoms. The number of nitrogens with zero attached hydrogens (tertiary/aromatic N) is 2. The minimum absolute atomic E-state index is 0.0920. The molecule has 0 aromatic carbocycles. The molecule has 1 aromatic heterocycles. The highest BCUT2D eigenvalue weighted by Crippen LogP contribution is 2.30. The Morgan fingerprint density at radius 1 is 1.33 bits per heavy atom. The Hall–Kier alpha value is -1.09. The van der Waals surface area contributed by atoms with Crippen LogP contribution in [0.25, 0.3) is 0 Å². The molecule has 3 nitrogen and oxygen atoms in total. The second-order valence-corrected chi connectivity index (χ2v) is 7.12. The number of hydrogen-bond acceptors (Lipinski definition) is 2. The molecule has 0 atom stereocenters. The van der Waals surface area contributed by atoms with Gasteiger partial charge in [0.2, 0.25) is 0 Å². The first-order valence-electron chi connectivity index (χ1n) is 7.87. The van der Waals surface area contributed by atoms with Gasteiger partial charge in [0.1, 0.15) is 5.15 Å². The fourth-order valence-corrected chi connectivity index (χ4v) is 3.09. The molecule has 0 spiro atoms. The summed E-state index contributed by atoms with van der Waals surface area (Å²) < 4.78 is 0. The number of carbonyl (C=O) groups excluding carboxylic acids is 1. The Morgan fingerprint density at radius 2 is 2.10 bits per heavy atom. The molecule has 1 aliphatic rings. The van der Waals surface area contributed by atoms with Crippen LogP contribution in [0.15, 0.2) is 12.1 Å². The van der Waals surface area contributed by atoms with Crippen LogP contribution in [0.4, 0.5) is 0 Å². The average Bonchev–Trinajstić information content (AvgIpc) is 2.58. The van der Waals surface area contributed by atoms with Gasteiger partial charge in [-0.15, -0.1) is 0 Å². The predicted octanol–water partition coefficient (Wildman–Crippen LogP) is 4.34. The van der Waals surface area contributed by atoms with Crippen LogP contribution in [-0.2, 0) is 6.42 Å². The largest absolute Gasteiger partial charge is 0.339 e. The second kappa shape index (κ2) is 6.78. The van der Waals surface area contributed by atoms with E-state index in [9.17, 15) is 4.79 Å². The van der Waals surface area contributed by atoms with E-state index in [1.165, 1.54) is 6.42 Å². The van der Waals surface area contributed by atoms with E-state index < -0.39 is 0 Å². The maximum atomic E-state index is 12.7. The number of amides is 1. The van der Waals surface area contributed by atoms with Gasteiger partial charge in [-0.1, -0.05) is 38.8 Å². The van der Waals surface area contributed by atoms with Gasteiger partial charge in [-0.2, -0.15) is 0 Å². The van der Waals surface area contributed by atoms with Crippen molar-refractivity contribution in [1.29, 1.82) is 0 Å². The summed E-state index contributed by atoms with van der Waals surface area (Å²) in [5, 5.41) is 0.416. The summed E-state index contributed by atoms with van der Waals surface area (Å²) in [4.78, 5) is 19.0. The minimum Gasteiger partial charge on any atom is -0.339 e. The van der Waals surface area contributed by atoms with Gasteiger partial charge in [0, 0.05) is 24.3 Å². The van der Waals surface area contributed by atoms with Crippen molar-refractivity contribution in [2.75, 3.05) is 13.1 Å². The lowest BCUT2D eigenvalue weighted by molar-refractivity contribution is 0.0757. The van der Waals surface area contributed by atoms with Gasteiger partial charge in [0.15, 0.2) is 0 Å². The third kappa shape index (κ3) is 4.44. The second-order valence-electron chi connectivity index (χ2n) is 6.73. The Morgan fingerprint density at radius 3 is 2.81 bits per heavy atom. The van der Waals surface area contributed by atoms with Crippen LogP contribution in [0, 0.1) is 5.41 Å². The van der Waals surface area contributed by atoms with Crippen LogP contribution in [0.1, 0.15) is 62.5 Å². The lowest BCUT2D eigenvalue weighted by Gasteiger charge is -2.23. The Kier molecular flexibility index (Phi) is 5.26. The average molecular weight is 309 g/mol. The minimum atomic E-state index is 0.0920. The van der Waals surface area contributed by atoms with Crippen molar-refractivity contribution in [3.63, 3.8) is 0 Å². The molecule has 0 aliphatic carbocycles. The summed E-state index contributed by atoms with van der Waals surface area (Å²) in [5.41, 5.74) is 1.92. The number of pyridine rings is 1. The monoisotopic (exact) mass is 308 g/mol. The van der Waals surface area contributed by atoms with Crippen LogP contribution in [0.2, 0.25) is 5.15 Å². The Balaban J connectivity index is 2.15. The molecular formula is C17H25ClN2O. The molecule has 21 heavy (non-hydrogen) atoms. The van der Waals surface area contributed by atoms with Crippen LogP contribution < -0.4 is 0 Å². The van der Waals surface area contributed by atoms with Crippen molar-refractivity contribution >= 4 is 17.5 Å². The molecule has 1 amide bonds. The van der Waals surface area contributed by atoms with Crippen LogP contribution in [0.5, 0.6) is 0 Å². The van der Waals surface area contributed by atoms with Gasteiger partial charge in [0.05, 0.1) is 0 Å². The molecule has 1 aliphatic heterocycles. The van der Waals surface area contributed by atoms with Crippen molar-refractivity contribution in [1.82, 2.24) is 9.88 Å². The standard InChI is InChI=1S/C17H25ClN2O/c1-4-6-14-11-13(12-15(18)19-14)16(21)20-9-5-7-17(2,3)8-10-20/h11-12H,4-10H2,1-3H3. The van der Waals surface area contributed by atoms with E-state index >= 15 is 0 Å². The summed E-state index contributed by atoms with van der Waals surface area (Å²) >= 11 is 6.06.